The quantitative estimate of drug-likeness (QED) is 0.559. The van der Waals surface area contributed by atoms with E-state index in [0.717, 1.165) is 26.7 Å². The minimum absolute atomic E-state index is 1.11. The predicted molar refractivity (Wildman–Crippen MR) is 81.3 cm³/mol. The van der Waals surface area contributed by atoms with Gasteiger partial charge in [-0.3, -0.25) is 29.4 Å². The van der Waals surface area contributed by atoms with E-state index >= 15 is 0 Å². The fourth-order valence-electron chi connectivity index (χ4n) is 3.46. The van der Waals surface area contributed by atoms with Gasteiger partial charge in [0.15, 0.2) is 0 Å². The standard InChI is InChI=1S/C14H30N6/c1-15-3-5-17-8-10-20(14-17)12-16(2)4-6-18-7-9-19(11-15)13-18/h3-14H2,1-2H3. The van der Waals surface area contributed by atoms with Crippen LogP contribution in [0.15, 0.2) is 0 Å². The molecule has 6 heteroatoms. The summed E-state index contributed by atoms with van der Waals surface area (Å²) in [7, 11) is 4.52. The first kappa shape index (κ1) is 14.7. The summed E-state index contributed by atoms with van der Waals surface area (Å²) in [6.45, 7) is 14.2. The Bertz CT molecular complexity index is 282. The minimum Gasteiger partial charge on any atom is -0.292 e. The summed E-state index contributed by atoms with van der Waals surface area (Å²) in [4.78, 5) is 15.3. The Labute approximate surface area is 123 Å². The molecule has 0 aromatic carbocycles. The van der Waals surface area contributed by atoms with Crippen LogP contribution in [0.1, 0.15) is 0 Å². The van der Waals surface area contributed by atoms with Crippen LogP contribution in [0, 0.1) is 0 Å². The highest BCUT2D eigenvalue weighted by molar-refractivity contribution is 4.76. The molecule has 3 aliphatic heterocycles. The normalized spacial score (nSPS) is 41.7. The first-order valence-electron chi connectivity index (χ1n) is 7.95. The van der Waals surface area contributed by atoms with E-state index in [4.69, 9.17) is 0 Å². The van der Waals surface area contributed by atoms with Crippen LogP contribution >= 0.6 is 0 Å². The van der Waals surface area contributed by atoms with Crippen molar-refractivity contribution in [3.05, 3.63) is 0 Å². The van der Waals surface area contributed by atoms with Crippen molar-refractivity contribution in [3.8, 4) is 0 Å². The number of hydrogen-bond donors (Lipinski definition) is 0. The lowest BCUT2D eigenvalue weighted by molar-refractivity contribution is 0.111. The Kier molecular flexibility index (Phi) is 4.91. The molecule has 3 saturated heterocycles. The second-order valence-corrected chi connectivity index (χ2v) is 6.75. The van der Waals surface area contributed by atoms with Crippen molar-refractivity contribution in [1.82, 2.24) is 29.4 Å². The van der Waals surface area contributed by atoms with E-state index in [1.807, 2.05) is 0 Å². The molecule has 0 amide bonds. The Balaban J connectivity index is 1.58. The average molecular weight is 282 g/mol. The monoisotopic (exact) mass is 282 g/mol. The van der Waals surface area contributed by atoms with E-state index in [2.05, 4.69) is 43.5 Å². The molecule has 20 heavy (non-hydrogen) atoms. The van der Waals surface area contributed by atoms with Crippen LogP contribution in [0.2, 0.25) is 0 Å². The molecule has 4 bridgehead atoms. The van der Waals surface area contributed by atoms with E-state index in [1.165, 1.54) is 52.4 Å². The Morgan fingerprint density at radius 2 is 0.750 bits per heavy atom. The van der Waals surface area contributed by atoms with Crippen molar-refractivity contribution in [2.24, 2.45) is 0 Å². The SMILES string of the molecule is CN1CCN2CCN(CN(C)CCN3CCN(C1)C3)C2. The molecule has 4 atom stereocenters. The molecule has 0 aromatic rings. The van der Waals surface area contributed by atoms with Gasteiger partial charge in [-0.15, -0.1) is 0 Å². The van der Waals surface area contributed by atoms with Crippen molar-refractivity contribution in [3.63, 3.8) is 0 Å². The molecular formula is C14H30N6. The average Bonchev–Trinajstić information content (AvgIpc) is 3.03. The molecule has 0 spiro atoms. The topological polar surface area (TPSA) is 19.4 Å². The zero-order valence-corrected chi connectivity index (χ0v) is 13.2. The second-order valence-electron chi connectivity index (χ2n) is 6.75. The van der Waals surface area contributed by atoms with Gasteiger partial charge in [0.1, 0.15) is 0 Å². The molecule has 6 nitrogen and oxygen atoms in total. The summed E-state index contributed by atoms with van der Waals surface area (Å²) in [5.74, 6) is 0. The summed E-state index contributed by atoms with van der Waals surface area (Å²) >= 11 is 0. The lowest BCUT2D eigenvalue weighted by Gasteiger charge is -2.29. The Hall–Kier alpha value is -0.240. The fourth-order valence-corrected chi connectivity index (χ4v) is 3.46. The molecule has 0 radical (unpaired) electrons. The van der Waals surface area contributed by atoms with Gasteiger partial charge in [-0.05, 0) is 14.1 Å². The van der Waals surface area contributed by atoms with Gasteiger partial charge in [0, 0.05) is 52.4 Å². The molecule has 0 N–H and O–H groups in total. The van der Waals surface area contributed by atoms with Crippen molar-refractivity contribution in [2.75, 3.05) is 93.1 Å². The maximum atomic E-state index is 2.59. The van der Waals surface area contributed by atoms with Gasteiger partial charge in [-0.1, -0.05) is 0 Å². The Morgan fingerprint density at radius 1 is 0.400 bits per heavy atom. The lowest BCUT2D eigenvalue weighted by Crippen LogP contribution is -2.42. The zero-order valence-electron chi connectivity index (χ0n) is 13.2. The zero-order chi connectivity index (χ0) is 13.9. The van der Waals surface area contributed by atoms with E-state index < -0.39 is 0 Å². The van der Waals surface area contributed by atoms with Crippen LogP contribution in [0.4, 0.5) is 0 Å². The van der Waals surface area contributed by atoms with Gasteiger partial charge >= 0.3 is 0 Å². The molecule has 116 valence electrons. The summed E-state index contributed by atoms with van der Waals surface area (Å²) in [6, 6.07) is 0. The molecule has 3 aliphatic rings. The number of hydrogen-bond acceptors (Lipinski definition) is 6. The van der Waals surface area contributed by atoms with Crippen molar-refractivity contribution in [2.45, 2.75) is 0 Å². The van der Waals surface area contributed by atoms with E-state index in [1.54, 1.807) is 0 Å². The molecule has 0 aromatic heterocycles. The lowest BCUT2D eigenvalue weighted by atomic mass is 10.5. The molecule has 3 rings (SSSR count). The predicted octanol–water partition coefficient (Wildman–Crippen LogP) is -1.07. The van der Waals surface area contributed by atoms with Crippen molar-refractivity contribution in [1.29, 1.82) is 0 Å². The van der Waals surface area contributed by atoms with E-state index in [9.17, 15) is 0 Å². The van der Waals surface area contributed by atoms with Crippen LogP contribution in [-0.2, 0) is 0 Å². The van der Waals surface area contributed by atoms with Gasteiger partial charge in [-0.25, -0.2) is 0 Å². The Morgan fingerprint density at radius 3 is 1.20 bits per heavy atom. The number of likely N-dealkylation sites (N-methyl/N-ethyl adjacent to an activating group) is 2. The maximum Gasteiger partial charge on any atom is 0.0519 e. The van der Waals surface area contributed by atoms with Crippen LogP contribution in [0.25, 0.3) is 0 Å². The van der Waals surface area contributed by atoms with E-state index in [0.29, 0.717) is 0 Å². The van der Waals surface area contributed by atoms with Gasteiger partial charge in [0.05, 0.1) is 26.7 Å². The summed E-state index contributed by atoms with van der Waals surface area (Å²) in [5.41, 5.74) is 0. The summed E-state index contributed by atoms with van der Waals surface area (Å²) < 4.78 is 0. The highest BCUT2D eigenvalue weighted by Gasteiger charge is 2.24. The highest BCUT2D eigenvalue weighted by Crippen LogP contribution is 2.09. The number of fused-ring (bicyclic) bond motifs is 4. The largest absolute Gasteiger partial charge is 0.292 e. The van der Waals surface area contributed by atoms with Gasteiger partial charge in [-0.2, -0.15) is 0 Å². The number of nitrogens with zero attached hydrogens (tertiary/aromatic N) is 6. The summed E-state index contributed by atoms with van der Waals surface area (Å²) in [5, 5.41) is 0. The van der Waals surface area contributed by atoms with Crippen LogP contribution < -0.4 is 0 Å². The van der Waals surface area contributed by atoms with Gasteiger partial charge in [0.25, 0.3) is 0 Å². The molecular weight excluding hydrogens is 252 g/mol. The fraction of sp³-hybridized carbons (Fsp3) is 1.00. The van der Waals surface area contributed by atoms with Crippen LogP contribution in [-0.4, -0.2) is 123 Å². The third kappa shape index (κ3) is 3.90. The smallest absolute Gasteiger partial charge is 0.0519 e. The van der Waals surface area contributed by atoms with Gasteiger partial charge < -0.3 is 0 Å². The molecule has 0 saturated carbocycles. The molecule has 3 fully saturated rings. The molecule has 3 heterocycles. The third-order valence-electron chi connectivity index (χ3n) is 4.74. The maximum absolute atomic E-state index is 2.59. The van der Waals surface area contributed by atoms with E-state index in [-0.39, 0.29) is 0 Å². The number of rotatable bonds is 0. The second kappa shape index (κ2) is 6.68. The van der Waals surface area contributed by atoms with Crippen LogP contribution in [0.5, 0.6) is 0 Å². The van der Waals surface area contributed by atoms with Crippen molar-refractivity contribution < 1.29 is 0 Å². The minimum atomic E-state index is 1.11. The summed E-state index contributed by atoms with van der Waals surface area (Å²) in [6.07, 6.45) is 0. The third-order valence-corrected chi connectivity index (χ3v) is 4.74. The molecule has 0 aliphatic carbocycles. The first-order valence-corrected chi connectivity index (χ1v) is 7.95. The van der Waals surface area contributed by atoms with Gasteiger partial charge in [0.2, 0.25) is 0 Å². The van der Waals surface area contributed by atoms with Crippen LogP contribution in [0.3, 0.4) is 0 Å². The first-order chi connectivity index (χ1) is 9.69. The van der Waals surface area contributed by atoms with Crippen molar-refractivity contribution >= 4 is 0 Å². The highest BCUT2D eigenvalue weighted by atomic mass is 15.5. The molecule has 4 unspecified atom stereocenters.